The lowest BCUT2D eigenvalue weighted by molar-refractivity contribution is 0.415. The van der Waals surface area contributed by atoms with E-state index in [1.807, 2.05) is 24.4 Å². The number of ether oxygens (including phenoxy) is 1. The average Bonchev–Trinajstić information content (AvgIpc) is 3.34. The van der Waals surface area contributed by atoms with Crippen LogP contribution in [0.3, 0.4) is 0 Å². The van der Waals surface area contributed by atoms with Crippen molar-refractivity contribution in [2.45, 2.75) is 39.2 Å². The number of guanidine groups is 1. The van der Waals surface area contributed by atoms with Crippen molar-refractivity contribution < 1.29 is 4.74 Å². The van der Waals surface area contributed by atoms with Gasteiger partial charge in [-0.05, 0) is 56.9 Å². The molecule has 166 valence electrons. The monoisotopic (exact) mass is 546 g/mol. The molecule has 1 aromatic carbocycles. The standard InChI is InChI=1S/C21H31ClN6O.HI/c1-4-23-21(24-10-5-6-16-13-25-27-15(16)2)26-18-9-11-28(14-18)19-12-17(22)7-8-20(19)29-3;/h7-8,12-13,18H,4-6,9-11,14H2,1-3H3,(H,25,27)(H2,23,24,26);1H. The van der Waals surface area contributed by atoms with E-state index in [1.165, 1.54) is 5.56 Å². The number of anilines is 1. The highest BCUT2D eigenvalue weighted by Crippen LogP contribution is 2.33. The van der Waals surface area contributed by atoms with Gasteiger partial charge in [-0.3, -0.25) is 10.1 Å². The van der Waals surface area contributed by atoms with Crippen LogP contribution in [-0.2, 0) is 6.42 Å². The first-order valence-corrected chi connectivity index (χ1v) is 10.6. The maximum absolute atomic E-state index is 6.20. The Morgan fingerprint density at radius 3 is 2.97 bits per heavy atom. The number of benzene rings is 1. The Morgan fingerprint density at radius 2 is 2.27 bits per heavy atom. The van der Waals surface area contributed by atoms with Crippen molar-refractivity contribution in [2.24, 2.45) is 4.99 Å². The van der Waals surface area contributed by atoms with Gasteiger partial charge < -0.3 is 20.3 Å². The van der Waals surface area contributed by atoms with Gasteiger partial charge in [0.15, 0.2) is 5.96 Å². The zero-order valence-corrected chi connectivity index (χ0v) is 21.0. The number of methoxy groups -OCH3 is 1. The normalized spacial score (nSPS) is 16.3. The summed E-state index contributed by atoms with van der Waals surface area (Å²) in [7, 11) is 1.69. The summed E-state index contributed by atoms with van der Waals surface area (Å²) < 4.78 is 5.51. The molecule has 1 atom stereocenters. The molecular formula is C21H32ClIN6O. The first kappa shape index (κ1) is 24.6. The van der Waals surface area contributed by atoms with E-state index < -0.39 is 0 Å². The second-order valence-electron chi connectivity index (χ2n) is 7.28. The first-order chi connectivity index (χ1) is 14.1. The van der Waals surface area contributed by atoms with Crippen LogP contribution in [0.15, 0.2) is 29.4 Å². The van der Waals surface area contributed by atoms with Crippen LogP contribution < -0.4 is 20.3 Å². The van der Waals surface area contributed by atoms with Crippen molar-refractivity contribution in [1.82, 2.24) is 20.8 Å². The van der Waals surface area contributed by atoms with Crippen molar-refractivity contribution >= 4 is 47.2 Å². The lowest BCUT2D eigenvalue weighted by atomic mass is 10.1. The number of hydrogen-bond donors (Lipinski definition) is 3. The van der Waals surface area contributed by atoms with Gasteiger partial charge in [0.05, 0.1) is 19.0 Å². The summed E-state index contributed by atoms with van der Waals surface area (Å²) in [6, 6.07) is 6.08. The number of hydrogen-bond acceptors (Lipinski definition) is 4. The van der Waals surface area contributed by atoms with Crippen molar-refractivity contribution in [3.8, 4) is 5.75 Å². The van der Waals surface area contributed by atoms with Gasteiger partial charge >= 0.3 is 0 Å². The smallest absolute Gasteiger partial charge is 0.191 e. The van der Waals surface area contributed by atoms with Gasteiger partial charge in [0.2, 0.25) is 0 Å². The molecule has 1 unspecified atom stereocenters. The van der Waals surface area contributed by atoms with Crippen molar-refractivity contribution in [2.75, 3.05) is 38.2 Å². The molecule has 0 spiro atoms. The minimum absolute atomic E-state index is 0. The number of aryl methyl sites for hydroxylation is 2. The number of halogens is 2. The van der Waals surface area contributed by atoms with E-state index in [2.05, 4.69) is 39.6 Å². The summed E-state index contributed by atoms with van der Waals surface area (Å²) in [5.74, 6) is 1.73. The highest BCUT2D eigenvalue weighted by molar-refractivity contribution is 14.0. The van der Waals surface area contributed by atoms with E-state index in [0.717, 1.165) is 73.6 Å². The summed E-state index contributed by atoms with van der Waals surface area (Å²) in [5, 5.41) is 14.7. The summed E-state index contributed by atoms with van der Waals surface area (Å²) in [4.78, 5) is 7.06. The van der Waals surface area contributed by atoms with Crippen molar-refractivity contribution in [3.63, 3.8) is 0 Å². The molecule has 0 amide bonds. The lowest BCUT2D eigenvalue weighted by Crippen LogP contribution is -2.44. The van der Waals surface area contributed by atoms with Crippen LogP contribution in [0.1, 0.15) is 31.0 Å². The third-order valence-electron chi connectivity index (χ3n) is 5.16. The zero-order valence-electron chi connectivity index (χ0n) is 17.9. The molecule has 30 heavy (non-hydrogen) atoms. The van der Waals surface area contributed by atoms with E-state index in [4.69, 9.17) is 21.3 Å². The Morgan fingerprint density at radius 1 is 1.43 bits per heavy atom. The van der Waals surface area contributed by atoms with E-state index in [0.29, 0.717) is 6.04 Å². The highest BCUT2D eigenvalue weighted by Gasteiger charge is 2.25. The molecule has 9 heteroatoms. The summed E-state index contributed by atoms with van der Waals surface area (Å²) in [6.07, 6.45) is 4.92. The van der Waals surface area contributed by atoms with Crippen LogP contribution in [0.4, 0.5) is 5.69 Å². The van der Waals surface area contributed by atoms with Crippen molar-refractivity contribution in [1.29, 1.82) is 0 Å². The molecule has 1 aromatic heterocycles. The van der Waals surface area contributed by atoms with Crippen LogP contribution >= 0.6 is 35.6 Å². The van der Waals surface area contributed by atoms with Gasteiger partial charge in [-0.15, -0.1) is 24.0 Å². The van der Waals surface area contributed by atoms with Crippen molar-refractivity contribution in [3.05, 3.63) is 40.7 Å². The number of aromatic nitrogens is 2. The van der Waals surface area contributed by atoms with Crippen LogP contribution in [0.25, 0.3) is 0 Å². The second kappa shape index (κ2) is 12.2. The van der Waals surface area contributed by atoms with Gasteiger partial charge in [-0.2, -0.15) is 5.10 Å². The number of aliphatic imine (C=N–C) groups is 1. The Bertz CT molecular complexity index is 828. The molecule has 2 aromatic rings. The molecule has 0 aliphatic carbocycles. The molecule has 1 saturated heterocycles. The predicted octanol–water partition coefficient (Wildman–Crippen LogP) is 3.76. The maximum atomic E-state index is 6.20. The summed E-state index contributed by atoms with van der Waals surface area (Å²) in [5.41, 5.74) is 3.45. The molecule has 1 aliphatic rings. The number of rotatable bonds is 8. The molecule has 1 fully saturated rings. The molecule has 0 radical (unpaired) electrons. The Hall–Kier alpha value is -1.68. The number of H-pyrrole nitrogens is 1. The molecule has 7 nitrogen and oxygen atoms in total. The summed E-state index contributed by atoms with van der Waals surface area (Å²) in [6.45, 7) is 7.59. The first-order valence-electron chi connectivity index (χ1n) is 10.2. The van der Waals surface area contributed by atoms with E-state index >= 15 is 0 Å². The molecule has 3 rings (SSSR count). The van der Waals surface area contributed by atoms with E-state index in [9.17, 15) is 0 Å². The fourth-order valence-corrected chi connectivity index (χ4v) is 3.77. The Kier molecular flexibility index (Phi) is 10.0. The molecular weight excluding hydrogens is 515 g/mol. The third-order valence-corrected chi connectivity index (χ3v) is 5.40. The lowest BCUT2D eigenvalue weighted by Gasteiger charge is -2.22. The van der Waals surface area contributed by atoms with Gasteiger partial charge in [-0.25, -0.2) is 0 Å². The van der Waals surface area contributed by atoms with E-state index in [1.54, 1.807) is 7.11 Å². The second-order valence-corrected chi connectivity index (χ2v) is 7.71. The van der Waals surface area contributed by atoms with E-state index in [-0.39, 0.29) is 24.0 Å². The van der Waals surface area contributed by atoms with Gasteiger partial charge in [-0.1, -0.05) is 11.6 Å². The number of nitrogens with zero attached hydrogens (tertiary/aromatic N) is 3. The van der Waals surface area contributed by atoms with Crippen LogP contribution in [0, 0.1) is 6.92 Å². The SMILES string of the molecule is CCNC(=NCCCc1cn[nH]c1C)NC1CCN(c2cc(Cl)ccc2OC)C1.I. The molecule has 3 N–H and O–H groups in total. The largest absolute Gasteiger partial charge is 0.495 e. The Balaban J connectivity index is 0.00000320. The number of nitrogens with one attached hydrogen (secondary N) is 3. The third kappa shape index (κ3) is 6.66. The molecule has 0 bridgehead atoms. The van der Waals surface area contributed by atoms with Crippen LogP contribution in [0.5, 0.6) is 5.75 Å². The highest BCUT2D eigenvalue weighted by atomic mass is 127. The van der Waals surface area contributed by atoms with Gasteiger partial charge in [0.1, 0.15) is 5.75 Å². The van der Waals surface area contributed by atoms with Gasteiger partial charge in [0, 0.05) is 42.9 Å². The maximum Gasteiger partial charge on any atom is 0.191 e. The molecule has 1 aliphatic heterocycles. The average molecular weight is 547 g/mol. The van der Waals surface area contributed by atoms with Crippen LogP contribution in [0.2, 0.25) is 5.02 Å². The Labute approximate surface area is 201 Å². The predicted molar refractivity (Wildman–Crippen MR) is 135 cm³/mol. The van der Waals surface area contributed by atoms with Gasteiger partial charge in [0.25, 0.3) is 0 Å². The fraction of sp³-hybridized carbons (Fsp3) is 0.524. The zero-order chi connectivity index (χ0) is 20.6. The molecule has 2 heterocycles. The minimum atomic E-state index is 0. The summed E-state index contributed by atoms with van der Waals surface area (Å²) >= 11 is 6.20. The molecule has 0 saturated carbocycles. The van der Waals surface area contributed by atoms with Crippen LogP contribution in [-0.4, -0.2) is 55.5 Å². The fourth-order valence-electron chi connectivity index (χ4n) is 3.61. The minimum Gasteiger partial charge on any atom is -0.495 e. The quantitative estimate of drug-likeness (QED) is 0.203. The topological polar surface area (TPSA) is 77.6 Å². The number of aromatic amines is 1.